The topological polar surface area (TPSA) is 78.9 Å². The lowest BCUT2D eigenvalue weighted by Crippen LogP contribution is -2.40. The molecule has 1 amide bonds. The first kappa shape index (κ1) is 14.8. The highest BCUT2D eigenvalue weighted by Crippen LogP contribution is 2.40. The highest BCUT2D eigenvalue weighted by Gasteiger charge is 2.59. The minimum Gasteiger partial charge on any atom is -0.494 e. The third-order valence-electron chi connectivity index (χ3n) is 4.60. The van der Waals surface area contributed by atoms with Crippen LogP contribution in [0.5, 0.6) is 5.75 Å². The Morgan fingerprint density at radius 1 is 1.50 bits per heavy atom. The molecule has 0 saturated carbocycles. The fourth-order valence-corrected chi connectivity index (χ4v) is 3.47. The maximum atomic E-state index is 11.9. The molecule has 6 nitrogen and oxygen atoms in total. The van der Waals surface area contributed by atoms with Gasteiger partial charge in [0.15, 0.2) is 0 Å². The Balaban J connectivity index is 1.79. The normalized spacial score (nSPS) is 27.5. The Kier molecular flexibility index (Phi) is 3.78. The van der Waals surface area contributed by atoms with Gasteiger partial charge in [0.2, 0.25) is 5.91 Å². The predicted molar refractivity (Wildman–Crippen MR) is 79.5 cm³/mol. The van der Waals surface area contributed by atoms with Gasteiger partial charge in [0, 0.05) is 31.7 Å². The zero-order chi connectivity index (χ0) is 15.7. The van der Waals surface area contributed by atoms with E-state index in [9.17, 15) is 14.7 Å². The van der Waals surface area contributed by atoms with E-state index in [1.807, 2.05) is 36.1 Å². The molecule has 2 N–H and O–H groups in total. The van der Waals surface area contributed by atoms with Gasteiger partial charge in [-0.05, 0) is 13.0 Å². The lowest BCUT2D eigenvalue weighted by atomic mass is 9.81. The van der Waals surface area contributed by atoms with E-state index < -0.39 is 17.3 Å². The SMILES string of the molecule is CCOc1ccccc1CN1C[C@H]2C(=O)NC[C@@]2(C(=O)O)C1. The van der Waals surface area contributed by atoms with E-state index in [0.717, 1.165) is 11.3 Å². The van der Waals surface area contributed by atoms with Gasteiger partial charge in [0.1, 0.15) is 11.2 Å². The quantitative estimate of drug-likeness (QED) is 0.838. The van der Waals surface area contributed by atoms with Crippen molar-refractivity contribution in [2.75, 3.05) is 26.2 Å². The summed E-state index contributed by atoms with van der Waals surface area (Å²) >= 11 is 0. The monoisotopic (exact) mass is 304 g/mol. The van der Waals surface area contributed by atoms with Crippen LogP contribution >= 0.6 is 0 Å². The Morgan fingerprint density at radius 3 is 2.95 bits per heavy atom. The standard InChI is InChI=1S/C16H20N2O4/c1-2-22-13-6-4-3-5-11(13)7-18-8-12-14(19)17-9-16(12,10-18)15(20)21/h3-6,12H,2,7-10H2,1H3,(H,17,19)(H,20,21)/t12-,16+/m0/s1. The van der Waals surface area contributed by atoms with Gasteiger partial charge < -0.3 is 15.2 Å². The molecule has 0 radical (unpaired) electrons. The number of carbonyl (C=O) groups excluding carboxylic acids is 1. The molecule has 2 fully saturated rings. The summed E-state index contributed by atoms with van der Waals surface area (Å²) in [6.07, 6.45) is 0. The van der Waals surface area contributed by atoms with Crippen molar-refractivity contribution in [3.8, 4) is 5.75 Å². The molecule has 0 aliphatic carbocycles. The van der Waals surface area contributed by atoms with E-state index in [4.69, 9.17) is 4.74 Å². The molecule has 0 aromatic heterocycles. The Morgan fingerprint density at radius 2 is 2.27 bits per heavy atom. The summed E-state index contributed by atoms with van der Waals surface area (Å²) in [5, 5.41) is 12.3. The van der Waals surface area contributed by atoms with Crippen LogP contribution in [0.2, 0.25) is 0 Å². The van der Waals surface area contributed by atoms with Crippen LogP contribution in [-0.4, -0.2) is 48.1 Å². The van der Waals surface area contributed by atoms with Crippen molar-refractivity contribution in [1.82, 2.24) is 10.2 Å². The number of hydrogen-bond donors (Lipinski definition) is 2. The van der Waals surface area contributed by atoms with E-state index >= 15 is 0 Å². The Hall–Kier alpha value is -2.08. The molecule has 0 spiro atoms. The number of carboxylic acid groups (broad SMARTS) is 1. The van der Waals surface area contributed by atoms with Crippen molar-refractivity contribution in [1.29, 1.82) is 0 Å². The van der Waals surface area contributed by atoms with Crippen molar-refractivity contribution in [2.24, 2.45) is 11.3 Å². The van der Waals surface area contributed by atoms with Gasteiger partial charge in [0.25, 0.3) is 0 Å². The van der Waals surface area contributed by atoms with Gasteiger partial charge in [0.05, 0.1) is 12.5 Å². The Labute approximate surface area is 129 Å². The van der Waals surface area contributed by atoms with Crippen LogP contribution in [-0.2, 0) is 16.1 Å². The molecule has 2 atom stereocenters. The fraction of sp³-hybridized carbons (Fsp3) is 0.500. The second-order valence-electron chi connectivity index (χ2n) is 5.94. The zero-order valence-electron chi connectivity index (χ0n) is 12.5. The average molecular weight is 304 g/mol. The number of hydrogen-bond acceptors (Lipinski definition) is 4. The summed E-state index contributed by atoms with van der Waals surface area (Å²) in [4.78, 5) is 25.6. The number of ether oxygens (including phenoxy) is 1. The van der Waals surface area contributed by atoms with E-state index in [2.05, 4.69) is 5.32 Å². The van der Waals surface area contributed by atoms with Gasteiger partial charge >= 0.3 is 5.97 Å². The van der Waals surface area contributed by atoms with Crippen LogP contribution in [0.4, 0.5) is 0 Å². The van der Waals surface area contributed by atoms with Crippen molar-refractivity contribution >= 4 is 11.9 Å². The van der Waals surface area contributed by atoms with E-state index in [1.165, 1.54) is 0 Å². The second kappa shape index (κ2) is 5.61. The summed E-state index contributed by atoms with van der Waals surface area (Å²) in [5.74, 6) is -0.695. The smallest absolute Gasteiger partial charge is 0.313 e. The number of rotatable bonds is 5. The van der Waals surface area contributed by atoms with Crippen molar-refractivity contribution in [3.05, 3.63) is 29.8 Å². The van der Waals surface area contributed by atoms with Gasteiger partial charge in [-0.3, -0.25) is 14.5 Å². The molecule has 2 aliphatic heterocycles. The highest BCUT2D eigenvalue weighted by molar-refractivity contribution is 5.92. The van der Waals surface area contributed by atoms with E-state index in [0.29, 0.717) is 26.2 Å². The number of carbonyl (C=O) groups is 2. The van der Waals surface area contributed by atoms with Gasteiger partial charge in [-0.1, -0.05) is 18.2 Å². The molecule has 1 aromatic carbocycles. The van der Waals surface area contributed by atoms with Gasteiger partial charge in [-0.15, -0.1) is 0 Å². The van der Waals surface area contributed by atoms with Crippen LogP contribution in [0.25, 0.3) is 0 Å². The van der Waals surface area contributed by atoms with Crippen molar-refractivity contribution in [3.63, 3.8) is 0 Å². The number of para-hydroxylation sites is 1. The number of likely N-dealkylation sites (tertiary alicyclic amines) is 1. The maximum Gasteiger partial charge on any atom is 0.313 e. The van der Waals surface area contributed by atoms with Crippen LogP contribution in [0.3, 0.4) is 0 Å². The van der Waals surface area contributed by atoms with E-state index in [-0.39, 0.29) is 12.5 Å². The zero-order valence-corrected chi connectivity index (χ0v) is 12.5. The third-order valence-corrected chi connectivity index (χ3v) is 4.60. The summed E-state index contributed by atoms with van der Waals surface area (Å²) in [6.45, 7) is 4.18. The predicted octanol–water partition coefficient (Wildman–Crippen LogP) is 0.718. The minimum absolute atomic E-state index is 0.150. The first-order valence-corrected chi connectivity index (χ1v) is 7.51. The van der Waals surface area contributed by atoms with Crippen LogP contribution in [0.15, 0.2) is 24.3 Å². The maximum absolute atomic E-state index is 11.9. The molecular formula is C16H20N2O4. The van der Waals surface area contributed by atoms with Gasteiger partial charge in [-0.25, -0.2) is 0 Å². The van der Waals surface area contributed by atoms with Crippen LogP contribution in [0.1, 0.15) is 12.5 Å². The van der Waals surface area contributed by atoms with Crippen molar-refractivity contribution < 1.29 is 19.4 Å². The molecule has 1 aromatic rings. The second-order valence-corrected chi connectivity index (χ2v) is 5.94. The lowest BCUT2D eigenvalue weighted by molar-refractivity contribution is -0.149. The molecule has 118 valence electrons. The number of aliphatic carboxylic acids is 1. The minimum atomic E-state index is -0.988. The molecule has 22 heavy (non-hydrogen) atoms. The largest absolute Gasteiger partial charge is 0.494 e. The molecule has 2 heterocycles. The molecule has 0 bridgehead atoms. The molecule has 3 rings (SSSR count). The van der Waals surface area contributed by atoms with Crippen molar-refractivity contribution in [2.45, 2.75) is 13.5 Å². The summed E-state index contributed by atoms with van der Waals surface area (Å²) in [5.41, 5.74) is 0.0303. The molecule has 6 heteroatoms. The molecule has 2 saturated heterocycles. The summed E-state index contributed by atoms with van der Waals surface area (Å²) < 4.78 is 5.61. The number of fused-ring (bicyclic) bond motifs is 1. The number of nitrogens with one attached hydrogen (secondary N) is 1. The first-order chi connectivity index (χ1) is 10.6. The van der Waals surface area contributed by atoms with Crippen LogP contribution < -0.4 is 10.1 Å². The fourth-order valence-electron chi connectivity index (χ4n) is 3.47. The average Bonchev–Trinajstić information content (AvgIpc) is 3.00. The lowest BCUT2D eigenvalue weighted by Gasteiger charge is -2.22. The first-order valence-electron chi connectivity index (χ1n) is 7.51. The number of benzene rings is 1. The Bertz CT molecular complexity index is 604. The summed E-state index contributed by atoms with van der Waals surface area (Å²) in [6, 6.07) is 7.75. The van der Waals surface area contributed by atoms with Gasteiger partial charge in [-0.2, -0.15) is 0 Å². The number of carboxylic acids is 1. The number of amides is 1. The van der Waals surface area contributed by atoms with Crippen LogP contribution in [0, 0.1) is 11.3 Å². The molecular weight excluding hydrogens is 284 g/mol. The summed E-state index contributed by atoms with van der Waals surface area (Å²) in [7, 11) is 0. The number of nitrogens with zero attached hydrogens (tertiary/aromatic N) is 1. The molecule has 2 aliphatic rings. The van der Waals surface area contributed by atoms with E-state index in [1.54, 1.807) is 0 Å². The highest BCUT2D eigenvalue weighted by atomic mass is 16.5. The molecule has 0 unspecified atom stereocenters. The third kappa shape index (κ3) is 2.33.